The van der Waals surface area contributed by atoms with E-state index in [0.717, 1.165) is 12.1 Å². The van der Waals surface area contributed by atoms with Gasteiger partial charge in [0.2, 0.25) is 0 Å². The average Bonchev–Trinajstić information content (AvgIpc) is 2.62. The van der Waals surface area contributed by atoms with Crippen LogP contribution in [0, 0.1) is 6.92 Å². The Bertz CT molecular complexity index is 923. The van der Waals surface area contributed by atoms with Crippen LogP contribution >= 0.6 is 0 Å². The van der Waals surface area contributed by atoms with E-state index in [9.17, 15) is 30.5 Å². The SMILES string of the molecule is C=Cc1ccc(C)cc1.C=Cc1ccc(OC(F)(F)C(F)(F)S(=O)(=O)[O-])cc1.[H-].[Li+].[Li+]. The predicted molar refractivity (Wildman–Crippen MR) is 99.1 cm³/mol. The van der Waals surface area contributed by atoms with Gasteiger partial charge >= 0.3 is 49.1 Å². The topological polar surface area (TPSA) is 66.4 Å². The van der Waals surface area contributed by atoms with Crippen molar-refractivity contribution < 1.29 is 74.4 Å². The Morgan fingerprint density at radius 3 is 1.60 bits per heavy atom. The van der Waals surface area contributed by atoms with Crippen molar-refractivity contribution in [2.45, 2.75) is 18.3 Å². The summed E-state index contributed by atoms with van der Waals surface area (Å²) in [4.78, 5) is 0. The van der Waals surface area contributed by atoms with Crippen molar-refractivity contribution in [3.8, 4) is 5.75 Å². The van der Waals surface area contributed by atoms with Gasteiger partial charge in [-0.1, -0.05) is 67.3 Å². The van der Waals surface area contributed by atoms with Gasteiger partial charge in [-0.15, -0.1) is 0 Å². The van der Waals surface area contributed by atoms with E-state index in [0.29, 0.717) is 5.56 Å². The number of halogens is 4. The fraction of sp³-hybridized carbons (Fsp3) is 0.158. The predicted octanol–water partition coefficient (Wildman–Crippen LogP) is -0.802. The molecule has 0 spiro atoms. The maximum Gasteiger partial charge on any atom is 1.00 e. The van der Waals surface area contributed by atoms with Gasteiger partial charge in [0.05, 0.1) is 0 Å². The molecule has 0 N–H and O–H groups in total. The van der Waals surface area contributed by atoms with Gasteiger partial charge < -0.3 is 10.7 Å². The maximum atomic E-state index is 13.0. The molecule has 0 heterocycles. The molecule has 11 heteroatoms. The van der Waals surface area contributed by atoms with Crippen LogP contribution in [0.25, 0.3) is 12.2 Å². The van der Waals surface area contributed by atoms with Crippen LogP contribution in [0.3, 0.4) is 0 Å². The molecule has 2 rings (SSSR count). The van der Waals surface area contributed by atoms with Crippen LogP contribution in [0.1, 0.15) is 18.1 Å². The smallest absolute Gasteiger partial charge is 1.00 e. The molecule has 2 aromatic carbocycles. The second kappa shape index (κ2) is 12.4. The molecule has 4 nitrogen and oxygen atoms in total. The van der Waals surface area contributed by atoms with Crippen LogP contribution in [0.15, 0.2) is 61.7 Å². The van der Waals surface area contributed by atoms with Gasteiger partial charge in [0.15, 0.2) is 10.1 Å². The summed E-state index contributed by atoms with van der Waals surface area (Å²) in [5.74, 6) is -0.723. The van der Waals surface area contributed by atoms with Crippen molar-refractivity contribution in [3.63, 3.8) is 0 Å². The van der Waals surface area contributed by atoms with E-state index in [1.54, 1.807) is 0 Å². The average molecular weight is 432 g/mol. The molecule has 0 amide bonds. The van der Waals surface area contributed by atoms with Crippen LogP contribution in [0.4, 0.5) is 17.6 Å². The van der Waals surface area contributed by atoms with E-state index in [4.69, 9.17) is 0 Å². The Labute approximate surface area is 198 Å². The van der Waals surface area contributed by atoms with Gasteiger partial charge in [-0.2, -0.15) is 17.6 Å². The molecule has 0 aliphatic rings. The zero-order valence-corrected chi connectivity index (χ0v) is 17.6. The molecular weight excluding hydrogens is 414 g/mol. The van der Waals surface area contributed by atoms with Crippen LogP contribution in [0.5, 0.6) is 5.75 Å². The van der Waals surface area contributed by atoms with Crippen molar-refractivity contribution >= 4 is 22.3 Å². The summed E-state index contributed by atoms with van der Waals surface area (Å²) in [6, 6.07) is 12.5. The third-order valence-corrected chi connectivity index (χ3v) is 4.19. The molecule has 0 radical (unpaired) electrons. The van der Waals surface area contributed by atoms with Crippen molar-refractivity contribution in [1.82, 2.24) is 0 Å². The summed E-state index contributed by atoms with van der Waals surface area (Å²) in [6.45, 7) is 9.11. The summed E-state index contributed by atoms with van der Waals surface area (Å²) in [5.41, 5.74) is 2.97. The zero-order chi connectivity index (χ0) is 21.6. The van der Waals surface area contributed by atoms with Gasteiger partial charge in [-0.05, 0) is 30.2 Å². The Kier molecular flexibility index (Phi) is 12.7. The van der Waals surface area contributed by atoms with Crippen LogP contribution in [0.2, 0.25) is 0 Å². The summed E-state index contributed by atoms with van der Waals surface area (Å²) in [6.07, 6.45) is -2.28. The minimum Gasteiger partial charge on any atom is -1.00 e. The van der Waals surface area contributed by atoms with Gasteiger partial charge in [0.25, 0.3) is 0 Å². The summed E-state index contributed by atoms with van der Waals surface area (Å²) >= 11 is 0. The van der Waals surface area contributed by atoms with Gasteiger partial charge in [-0.25, -0.2) is 8.42 Å². The Morgan fingerprint density at radius 1 is 0.900 bits per heavy atom. The van der Waals surface area contributed by atoms with Gasteiger partial charge in [-0.3, -0.25) is 0 Å². The fourth-order valence-corrected chi connectivity index (χ4v) is 2.06. The first kappa shape index (κ1) is 30.7. The first-order chi connectivity index (χ1) is 12.8. The molecule has 0 atom stereocenters. The monoisotopic (exact) mass is 432 g/mol. The first-order valence-corrected chi connectivity index (χ1v) is 9.06. The molecule has 0 bridgehead atoms. The van der Waals surface area contributed by atoms with Crippen LogP contribution < -0.4 is 42.5 Å². The number of hydrogen-bond acceptors (Lipinski definition) is 4. The molecule has 154 valence electrons. The molecule has 0 aromatic heterocycles. The van der Waals surface area contributed by atoms with Crippen molar-refractivity contribution in [3.05, 3.63) is 78.4 Å². The molecule has 0 aliphatic carbocycles. The molecule has 0 aliphatic heterocycles. The van der Waals surface area contributed by atoms with E-state index in [-0.39, 0.29) is 39.1 Å². The van der Waals surface area contributed by atoms with E-state index >= 15 is 0 Å². The molecule has 0 unspecified atom stereocenters. The number of ether oxygens (including phenoxy) is 1. The molecule has 2 aromatic rings. The minimum absolute atomic E-state index is 0. The van der Waals surface area contributed by atoms with Crippen molar-refractivity contribution in [2.24, 2.45) is 0 Å². The number of benzene rings is 2. The molecule has 0 saturated carbocycles. The van der Waals surface area contributed by atoms with E-state index in [2.05, 4.69) is 49.1 Å². The fourth-order valence-electron chi connectivity index (χ4n) is 1.73. The molecule has 0 fully saturated rings. The minimum atomic E-state index is -6.57. The van der Waals surface area contributed by atoms with Crippen LogP contribution in [-0.4, -0.2) is 24.3 Å². The van der Waals surface area contributed by atoms with Gasteiger partial charge in [0.1, 0.15) is 5.75 Å². The zero-order valence-electron chi connectivity index (χ0n) is 17.7. The largest absolute Gasteiger partial charge is 1.00 e. The van der Waals surface area contributed by atoms with Crippen molar-refractivity contribution in [2.75, 3.05) is 0 Å². The standard InChI is InChI=1S/C10H8F4O4S.C9H10.2Li.H/c1-2-7-3-5-8(6-4-7)18-9(11,12)10(13,14)19(15,16)17;1-3-9-6-4-8(2)5-7-9;;;/h2-6H,1H2,(H,15,16,17);3-7H,1H2,2H3;;;/q;;2*+1;-1/p-1. The molecule has 30 heavy (non-hydrogen) atoms. The number of rotatable bonds is 6. The second-order valence-electron chi connectivity index (χ2n) is 5.48. The summed E-state index contributed by atoms with van der Waals surface area (Å²) < 4.78 is 85.4. The first-order valence-electron chi connectivity index (χ1n) is 7.65. The normalized spacial score (nSPS) is 11.0. The van der Waals surface area contributed by atoms with Crippen LogP contribution in [-0.2, 0) is 10.1 Å². The Balaban J connectivity index is -0.000000558. The molecule has 0 saturated heterocycles. The summed E-state index contributed by atoms with van der Waals surface area (Å²) in [7, 11) is -6.57. The third kappa shape index (κ3) is 8.35. The van der Waals surface area contributed by atoms with E-state index in [1.165, 1.54) is 29.3 Å². The number of aryl methyl sites for hydroxylation is 1. The van der Waals surface area contributed by atoms with E-state index in [1.807, 2.05) is 6.08 Å². The third-order valence-electron chi connectivity index (χ3n) is 3.33. The number of alkyl halides is 4. The maximum absolute atomic E-state index is 13.0. The Morgan fingerprint density at radius 2 is 1.27 bits per heavy atom. The number of hydrogen-bond donors (Lipinski definition) is 0. The van der Waals surface area contributed by atoms with Crippen molar-refractivity contribution in [1.29, 1.82) is 0 Å². The van der Waals surface area contributed by atoms with E-state index < -0.39 is 27.2 Å². The summed E-state index contributed by atoms with van der Waals surface area (Å²) in [5, 5.41) is -5.88. The Hall–Kier alpha value is -1.46. The van der Waals surface area contributed by atoms with Gasteiger partial charge in [0, 0.05) is 0 Å². The quantitative estimate of drug-likeness (QED) is 0.341. The molecular formula is C19H18F4Li2O4S. The second-order valence-corrected chi connectivity index (χ2v) is 6.90.